The average Bonchev–Trinajstić information content (AvgIpc) is 3.14. The number of esters is 1. The monoisotopic (exact) mass is 619 g/mol. The molecule has 1 aliphatic rings. The molecule has 0 aliphatic carbocycles. The number of hydrogen-bond acceptors (Lipinski definition) is 4. The Morgan fingerprint density at radius 2 is 1.68 bits per heavy atom. The molecule has 198 valence electrons. The number of halogens is 2. The number of ether oxygens (including phenoxy) is 3. The minimum atomic E-state index is -0.787. The maximum absolute atomic E-state index is 13.9. The Kier molecular flexibility index (Phi) is 8.76. The van der Waals surface area contributed by atoms with Gasteiger partial charge >= 0.3 is 5.97 Å². The summed E-state index contributed by atoms with van der Waals surface area (Å²) in [6.45, 7) is 8.16. The van der Waals surface area contributed by atoms with Crippen LogP contribution in [0, 0.1) is 9.52 Å². The number of nitrogens with zero attached hydrogens (tertiary/aromatic N) is 1. The number of hydrogen-bond donors (Lipinski definition) is 0. The minimum Gasteiger partial charge on any atom is -0.469 e. The van der Waals surface area contributed by atoms with Gasteiger partial charge in [0.05, 0.1) is 29.4 Å². The second kappa shape index (κ2) is 11.7. The van der Waals surface area contributed by atoms with Crippen LogP contribution in [-0.2, 0) is 25.4 Å². The summed E-state index contributed by atoms with van der Waals surface area (Å²) in [6, 6.07) is 17.4. The molecule has 0 saturated carbocycles. The van der Waals surface area contributed by atoms with Crippen LogP contribution in [-0.4, -0.2) is 35.6 Å². The van der Waals surface area contributed by atoms with Crippen LogP contribution in [0.3, 0.4) is 0 Å². The summed E-state index contributed by atoms with van der Waals surface area (Å²) in [4.78, 5) is 11.9. The van der Waals surface area contributed by atoms with Gasteiger partial charge in [0.25, 0.3) is 0 Å². The standard InChI is InChI=1S/C30H35FINO4/c1-19(2)33-25(16-15-23-17-24(18-26(34)35-5)37-30(3,4)36-23)27(21-11-13-22(31)14-12-21)28(29(33)32)20-9-7-6-8-10-20/h6-14,19,23-24H,15-18H2,1-5H3/t23-,24-/m1/s1. The minimum absolute atomic E-state index is 0.0761. The lowest BCUT2D eigenvalue weighted by Gasteiger charge is -2.40. The van der Waals surface area contributed by atoms with Crippen molar-refractivity contribution in [3.8, 4) is 22.3 Å². The third kappa shape index (κ3) is 6.44. The fourth-order valence-electron chi connectivity index (χ4n) is 5.28. The van der Waals surface area contributed by atoms with Crippen LogP contribution in [0.4, 0.5) is 4.39 Å². The first kappa shape index (κ1) is 27.8. The lowest BCUT2D eigenvalue weighted by Crippen LogP contribution is -2.45. The van der Waals surface area contributed by atoms with Crippen molar-refractivity contribution in [1.82, 2.24) is 4.57 Å². The molecule has 0 radical (unpaired) electrons. The van der Waals surface area contributed by atoms with Crippen molar-refractivity contribution in [2.45, 2.75) is 77.4 Å². The summed E-state index contributed by atoms with van der Waals surface area (Å²) in [6.07, 6.45) is 2.02. The number of methoxy groups -OCH3 is 1. The van der Waals surface area contributed by atoms with E-state index in [-0.39, 0.29) is 36.5 Å². The molecule has 1 aliphatic heterocycles. The number of rotatable bonds is 8. The van der Waals surface area contributed by atoms with E-state index in [0.717, 1.165) is 38.8 Å². The molecule has 0 bridgehead atoms. The van der Waals surface area contributed by atoms with Gasteiger partial charge in [0, 0.05) is 29.3 Å². The molecular formula is C30H35FINO4. The Hall–Kier alpha value is -2.23. The summed E-state index contributed by atoms with van der Waals surface area (Å²) in [7, 11) is 1.40. The van der Waals surface area contributed by atoms with E-state index in [1.54, 1.807) is 0 Å². The number of carbonyl (C=O) groups excluding carboxylic acids is 1. The first-order chi connectivity index (χ1) is 17.6. The highest BCUT2D eigenvalue weighted by atomic mass is 127. The number of benzene rings is 2. The van der Waals surface area contributed by atoms with E-state index in [1.807, 2.05) is 44.2 Å². The molecule has 2 heterocycles. The molecule has 1 saturated heterocycles. The molecule has 1 fully saturated rings. The van der Waals surface area contributed by atoms with E-state index in [9.17, 15) is 9.18 Å². The third-order valence-electron chi connectivity index (χ3n) is 6.71. The Balaban J connectivity index is 1.74. The molecule has 5 nitrogen and oxygen atoms in total. The third-order valence-corrected chi connectivity index (χ3v) is 7.77. The predicted molar refractivity (Wildman–Crippen MR) is 152 cm³/mol. The van der Waals surface area contributed by atoms with E-state index < -0.39 is 5.79 Å². The van der Waals surface area contributed by atoms with Gasteiger partial charge in [-0.25, -0.2) is 4.39 Å². The molecule has 37 heavy (non-hydrogen) atoms. The topological polar surface area (TPSA) is 49.7 Å². The molecule has 1 aromatic heterocycles. The van der Waals surface area contributed by atoms with Gasteiger partial charge in [-0.2, -0.15) is 0 Å². The van der Waals surface area contributed by atoms with Crippen molar-refractivity contribution < 1.29 is 23.4 Å². The van der Waals surface area contributed by atoms with E-state index in [0.29, 0.717) is 6.42 Å². The van der Waals surface area contributed by atoms with Gasteiger partial charge in [0.15, 0.2) is 5.79 Å². The van der Waals surface area contributed by atoms with Crippen LogP contribution in [0.15, 0.2) is 54.6 Å². The molecule has 0 N–H and O–H groups in total. The fourth-order valence-corrected chi connectivity index (χ4v) is 6.70. The van der Waals surface area contributed by atoms with E-state index in [1.165, 1.54) is 24.9 Å². The molecule has 2 aromatic carbocycles. The highest BCUT2D eigenvalue weighted by Gasteiger charge is 2.37. The number of carbonyl (C=O) groups is 1. The highest BCUT2D eigenvalue weighted by Crippen LogP contribution is 2.43. The highest BCUT2D eigenvalue weighted by molar-refractivity contribution is 14.1. The summed E-state index contributed by atoms with van der Waals surface area (Å²) >= 11 is 2.45. The second-order valence-corrected chi connectivity index (χ2v) is 11.3. The summed E-state index contributed by atoms with van der Waals surface area (Å²) in [5, 5.41) is 0. The fraction of sp³-hybridized carbons (Fsp3) is 0.433. The van der Waals surface area contributed by atoms with E-state index >= 15 is 0 Å². The number of aromatic nitrogens is 1. The van der Waals surface area contributed by atoms with Crippen LogP contribution >= 0.6 is 22.6 Å². The van der Waals surface area contributed by atoms with Crippen molar-refractivity contribution in [3.63, 3.8) is 0 Å². The van der Waals surface area contributed by atoms with Crippen molar-refractivity contribution in [2.75, 3.05) is 7.11 Å². The van der Waals surface area contributed by atoms with Gasteiger partial charge in [0.2, 0.25) is 0 Å². The van der Waals surface area contributed by atoms with Crippen LogP contribution in [0.2, 0.25) is 0 Å². The van der Waals surface area contributed by atoms with Crippen molar-refractivity contribution in [1.29, 1.82) is 0 Å². The van der Waals surface area contributed by atoms with E-state index in [2.05, 4.69) is 53.1 Å². The van der Waals surface area contributed by atoms with Crippen LogP contribution in [0.1, 0.15) is 58.7 Å². The molecule has 2 atom stereocenters. The lowest BCUT2D eigenvalue weighted by atomic mass is 9.94. The molecular weight excluding hydrogens is 584 g/mol. The molecule has 0 amide bonds. The van der Waals surface area contributed by atoms with Crippen molar-refractivity contribution in [2.24, 2.45) is 0 Å². The average molecular weight is 620 g/mol. The largest absolute Gasteiger partial charge is 0.469 e. The van der Waals surface area contributed by atoms with Crippen LogP contribution < -0.4 is 0 Å². The molecule has 3 aromatic rings. The SMILES string of the molecule is COC(=O)C[C@H]1C[C@@H](CCc2c(-c3ccc(F)cc3)c(-c3ccccc3)c(I)n2C(C)C)OC(C)(C)O1. The van der Waals surface area contributed by atoms with Gasteiger partial charge in [-0.05, 0) is 86.4 Å². The molecule has 4 rings (SSSR count). The summed E-state index contributed by atoms with van der Waals surface area (Å²) in [5.74, 6) is -1.32. The van der Waals surface area contributed by atoms with Crippen molar-refractivity contribution in [3.05, 3.63) is 69.8 Å². The zero-order valence-electron chi connectivity index (χ0n) is 22.1. The summed E-state index contributed by atoms with van der Waals surface area (Å²) in [5.41, 5.74) is 5.61. The molecule has 0 spiro atoms. The van der Waals surface area contributed by atoms with Gasteiger partial charge < -0.3 is 18.8 Å². The first-order valence-corrected chi connectivity index (χ1v) is 13.8. The van der Waals surface area contributed by atoms with Crippen LogP contribution in [0.25, 0.3) is 22.3 Å². The maximum atomic E-state index is 13.9. The smallest absolute Gasteiger partial charge is 0.308 e. The van der Waals surface area contributed by atoms with Crippen LogP contribution in [0.5, 0.6) is 0 Å². The second-order valence-electron chi connectivity index (χ2n) is 10.3. The zero-order valence-corrected chi connectivity index (χ0v) is 24.3. The molecule has 0 unspecified atom stereocenters. The quantitative estimate of drug-likeness (QED) is 0.193. The predicted octanol–water partition coefficient (Wildman–Crippen LogP) is 7.55. The lowest BCUT2D eigenvalue weighted by molar-refractivity contribution is -0.300. The summed E-state index contributed by atoms with van der Waals surface area (Å²) < 4.78 is 34.6. The molecule has 7 heteroatoms. The first-order valence-electron chi connectivity index (χ1n) is 12.8. The Morgan fingerprint density at radius 3 is 2.30 bits per heavy atom. The zero-order chi connectivity index (χ0) is 26.7. The Morgan fingerprint density at radius 1 is 1.05 bits per heavy atom. The van der Waals surface area contributed by atoms with Gasteiger partial charge in [-0.1, -0.05) is 42.5 Å². The normalized spacial score (nSPS) is 19.2. The van der Waals surface area contributed by atoms with Gasteiger partial charge in [0.1, 0.15) is 5.82 Å². The Labute approximate surface area is 232 Å². The maximum Gasteiger partial charge on any atom is 0.308 e. The van der Waals surface area contributed by atoms with Gasteiger partial charge in [-0.15, -0.1) is 0 Å². The van der Waals surface area contributed by atoms with E-state index in [4.69, 9.17) is 14.2 Å². The van der Waals surface area contributed by atoms with Gasteiger partial charge in [-0.3, -0.25) is 4.79 Å². The van der Waals surface area contributed by atoms with Crippen molar-refractivity contribution >= 4 is 28.6 Å². The Bertz CT molecular complexity index is 1220.